The SMILES string of the molecule is Cc1cnc2nc1-c1cccc(c1)OCCOCCOc1cc(ccc1Br)N2. The number of rotatable bonds is 0. The van der Waals surface area contributed by atoms with E-state index in [2.05, 4.69) is 26.2 Å². The Hall–Kier alpha value is -2.64. The Morgan fingerprint density at radius 2 is 1.86 bits per heavy atom. The first-order valence-electron chi connectivity index (χ1n) is 9.03. The van der Waals surface area contributed by atoms with E-state index in [9.17, 15) is 0 Å². The first-order valence-corrected chi connectivity index (χ1v) is 9.82. The van der Waals surface area contributed by atoms with Crippen LogP contribution in [0.25, 0.3) is 11.3 Å². The summed E-state index contributed by atoms with van der Waals surface area (Å²) in [6.07, 6.45) is 1.82. The van der Waals surface area contributed by atoms with Gasteiger partial charge in [-0.15, -0.1) is 0 Å². The van der Waals surface area contributed by atoms with Crippen LogP contribution in [0, 0.1) is 6.92 Å². The summed E-state index contributed by atoms with van der Waals surface area (Å²) in [4.78, 5) is 9.13. The molecule has 3 aromatic rings. The van der Waals surface area contributed by atoms with Crippen LogP contribution in [-0.4, -0.2) is 36.4 Å². The number of hydrogen-bond donors (Lipinski definition) is 1. The van der Waals surface area contributed by atoms with Crippen LogP contribution in [0.1, 0.15) is 5.56 Å². The standard InChI is InChI=1S/C21H20BrN3O3/c1-14-13-23-21-24-16-5-6-18(22)19(12-16)28-10-8-26-7-9-27-17-4-2-3-15(11-17)20(14)25-21/h2-6,11-13H,7-10H2,1H3,(H,23,24,25). The Morgan fingerprint density at radius 3 is 2.75 bits per heavy atom. The first kappa shape index (κ1) is 18.7. The molecule has 0 amide bonds. The van der Waals surface area contributed by atoms with Gasteiger partial charge in [0, 0.05) is 23.5 Å². The van der Waals surface area contributed by atoms with E-state index in [1.54, 1.807) is 0 Å². The minimum atomic E-state index is 0.447. The van der Waals surface area contributed by atoms with Crippen LogP contribution in [0.3, 0.4) is 0 Å². The lowest BCUT2D eigenvalue weighted by molar-refractivity contribution is 0.0763. The van der Waals surface area contributed by atoms with Crippen molar-refractivity contribution in [3.63, 3.8) is 0 Å². The van der Waals surface area contributed by atoms with Crippen molar-refractivity contribution in [1.82, 2.24) is 9.97 Å². The van der Waals surface area contributed by atoms with Crippen molar-refractivity contribution in [3.8, 4) is 22.8 Å². The molecule has 1 aliphatic rings. The highest BCUT2D eigenvalue weighted by Crippen LogP contribution is 2.30. The molecule has 28 heavy (non-hydrogen) atoms. The minimum absolute atomic E-state index is 0.447. The molecular weight excluding hydrogens is 422 g/mol. The third kappa shape index (κ3) is 4.43. The number of nitrogens with one attached hydrogen (secondary N) is 1. The fraction of sp³-hybridized carbons (Fsp3) is 0.238. The molecule has 0 fully saturated rings. The van der Waals surface area contributed by atoms with E-state index in [-0.39, 0.29) is 0 Å². The van der Waals surface area contributed by atoms with Crippen molar-refractivity contribution in [2.75, 3.05) is 31.7 Å². The highest BCUT2D eigenvalue weighted by molar-refractivity contribution is 9.10. The summed E-state index contributed by atoms with van der Waals surface area (Å²) in [7, 11) is 0. The van der Waals surface area contributed by atoms with Gasteiger partial charge in [-0.25, -0.2) is 9.97 Å². The summed E-state index contributed by atoms with van der Waals surface area (Å²) >= 11 is 3.52. The van der Waals surface area contributed by atoms with Crippen LogP contribution in [0.2, 0.25) is 0 Å². The highest BCUT2D eigenvalue weighted by Gasteiger charge is 2.10. The van der Waals surface area contributed by atoms with Crippen molar-refractivity contribution in [1.29, 1.82) is 0 Å². The predicted molar refractivity (Wildman–Crippen MR) is 111 cm³/mol. The van der Waals surface area contributed by atoms with Crippen molar-refractivity contribution >= 4 is 27.6 Å². The molecule has 0 radical (unpaired) electrons. The quantitative estimate of drug-likeness (QED) is 0.543. The monoisotopic (exact) mass is 441 g/mol. The molecule has 6 nitrogen and oxygen atoms in total. The molecule has 6 bridgehead atoms. The molecule has 144 valence electrons. The van der Waals surface area contributed by atoms with E-state index in [4.69, 9.17) is 19.2 Å². The van der Waals surface area contributed by atoms with Gasteiger partial charge in [-0.2, -0.15) is 0 Å². The smallest absolute Gasteiger partial charge is 0.227 e. The average Bonchev–Trinajstić information content (AvgIpc) is 2.70. The maximum atomic E-state index is 5.82. The Morgan fingerprint density at radius 1 is 1.00 bits per heavy atom. The molecule has 0 unspecified atom stereocenters. The summed E-state index contributed by atoms with van der Waals surface area (Å²) in [6, 6.07) is 13.7. The van der Waals surface area contributed by atoms with E-state index in [1.165, 1.54) is 0 Å². The predicted octanol–water partition coefficient (Wildman–Crippen LogP) is 4.75. The van der Waals surface area contributed by atoms with Crippen LogP contribution >= 0.6 is 15.9 Å². The molecule has 2 aromatic carbocycles. The molecule has 1 aliphatic heterocycles. The number of hydrogen-bond acceptors (Lipinski definition) is 6. The van der Waals surface area contributed by atoms with E-state index >= 15 is 0 Å². The molecule has 0 spiro atoms. The summed E-state index contributed by atoms with van der Waals surface area (Å²) in [5.74, 6) is 2.03. The minimum Gasteiger partial charge on any atom is -0.491 e. The van der Waals surface area contributed by atoms with Crippen molar-refractivity contribution < 1.29 is 14.2 Å². The zero-order valence-corrected chi connectivity index (χ0v) is 17.0. The second kappa shape index (κ2) is 8.58. The molecule has 7 heteroatoms. The maximum absolute atomic E-state index is 5.82. The van der Waals surface area contributed by atoms with Gasteiger partial charge in [0.15, 0.2) is 0 Å². The van der Waals surface area contributed by atoms with Gasteiger partial charge < -0.3 is 19.5 Å². The highest BCUT2D eigenvalue weighted by atomic mass is 79.9. The molecule has 1 N–H and O–H groups in total. The van der Waals surface area contributed by atoms with Gasteiger partial charge >= 0.3 is 0 Å². The van der Waals surface area contributed by atoms with Crippen LogP contribution < -0.4 is 14.8 Å². The van der Waals surface area contributed by atoms with Crippen molar-refractivity contribution in [3.05, 3.63) is 58.7 Å². The lowest BCUT2D eigenvalue weighted by atomic mass is 10.1. The largest absolute Gasteiger partial charge is 0.491 e. The number of aryl methyl sites for hydroxylation is 1. The zero-order valence-electron chi connectivity index (χ0n) is 15.4. The number of halogens is 1. The summed E-state index contributed by atoms with van der Waals surface area (Å²) in [6.45, 7) is 3.89. The average molecular weight is 442 g/mol. The molecule has 0 saturated heterocycles. The maximum Gasteiger partial charge on any atom is 0.227 e. The van der Waals surface area contributed by atoms with E-state index in [1.807, 2.05) is 55.6 Å². The molecule has 0 atom stereocenters. The molecule has 0 saturated carbocycles. The fourth-order valence-corrected chi connectivity index (χ4v) is 3.24. The first-order chi connectivity index (χ1) is 13.7. The van der Waals surface area contributed by atoms with Crippen LogP contribution in [0.15, 0.2) is 53.1 Å². The molecular formula is C21H20BrN3O3. The lowest BCUT2D eigenvalue weighted by Crippen LogP contribution is -2.12. The fourth-order valence-electron chi connectivity index (χ4n) is 2.88. The Labute approximate surface area is 172 Å². The number of nitrogens with zero attached hydrogens (tertiary/aromatic N) is 2. The zero-order chi connectivity index (χ0) is 19.3. The molecule has 2 heterocycles. The second-order valence-electron chi connectivity index (χ2n) is 6.33. The van der Waals surface area contributed by atoms with Crippen molar-refractivity contribution in [2.24, 2.45) is 0 Å². The number of aromatic nitrogens is 2. The summed E-state index contributed by atoms with van der Waals surface area (Å²) in [5.41, 5.74) is 3.67. The van der Waals surface area contributed by atoms with Gasteiger partial charge in [0.05, 0.1) is 23.4 Å². The normalized spacial score (nSPS) is 14.2. The number of anilines is 2. The van der Waals surface area contributed by atoms with E-state index in [0.717, 1.165) is 38.5 Å². The lowest BCUT2D eigenvalue weighted by Gasteiger charge is -2.12. The third-order valence-electron chi connectivity index (χ3n) is 4.25. The van der Waals surface area contributed by atoms with Gasteiger partial charge in [0.2, 0.25) is 5.95 Å². The Balaban J connectivity index is 1.72. The number of ether oxygens (including phenoxy) is 3. The molecule has 1 aromatic heterocycles. The van der Waals surface area contributed by atoms with Crippen LogP contribution in [0.4, 0.5) is 11.6 Å². The second-order valence-corrected chi connectivity index (χ2v) is 7.19. The number of fused-ring (bicyclic) bond motifs is 7. The van der Waals surface area contributed by atoms with Crippen LogP contribution in [-0.2, 0) is 4.74 Å². The molecule has 0 aliphatic carbocycles. The topological polar surface area (TPSA) is 65.5 Å². The van der Waals surface area contributed by atoms with Gasteiger partial charge in [0.25, 0.3) is 0 Å². The Kier molecular flexibility index (Phi) is 5.73. The van der Waals surface area contributed by atoms with Gasteiger partial charge in [-0.05, 0) is 52.7 Å². The van der Waals surface area contributed by atoms with Gasteiger partial charge in [-0.3, -0.25) is 0 Å². The Bertz CT molecular complexity index is 981. The van der Waals surface area contributed by atoms with E-state index < -0.39 is 0 Å². The van der Waals surface area contributed by atoms with Gasteiger partial charge in [-0.1, -0.05) is 12.1 Å². The van der Waals surface area contributed by atoms with Gasteiger partial charge in [0.1, 0.15) is 24.7 Å². The van der Waals surface area contributed by atoms with Crippen molar-refractivity contribution in [2.45, 2.75) is 6.92 Å². The van der Waals surface area contributed by atoms with Crippen LogP contribution in [0.5, 0.6) is 11.5 Å². The summed E-state index contributed by atoms with van der Waals surface area (Å²) in [5, 5.41) is 3.25. The summed E-state index contributed by atoms with van der Waals surface area (Å²) < 4.78 is 18.1. The number of benzene rings is 2. The third-order valence-corrected chi connectivity index (χ3v) is 4.90. The molecule has 4 rings (SSSR count). The van der Waals surface area contributed by atoms with E-state index in [0.29, 0.717) is 32.4 Å².